The lowest BCUT2D eigenvalue weighted by Crippen LogP contribution is -2.38. The first-order valence-corrected chi connectivity index (χ1v) is 8.01. The third-order valence-corrected chi connectivity index (χ3v) is 3.77. The Morgan fingerprint density at radius 1 is 1.11 bits per heavy atom. The van der Waals surface area contributed by atoms with Crippen LogP contribution in [-0.2, 0) is 11.0 Å². The van der Waals surface area contributed by atoms with E-state index >= 15 is 0 Å². The lowest BCUT2D eigenvalue weighted by molar-refractivity contribution is -0.137. The number of nitrogens with one attached hydrogen (secondary N) is 1. The van der Waals surface area contributed by atoms with Crippen LogP contribution >= 0.6 is 0 Å². The molecule has 0 fully saturated rings. The fraction of sp³-hybridized carbons (Fsp3) is 0.211. The Morgan fingerprint density at radius 3 is 2.30 bits per heavy atom. The molecule has 2 rings (SSSR count). The number of halogens is 3. The van der Waals surface area contributed by atoms with Gasteiger partial charge in [0.25, 0.3) is 5.91 Å². The predicted molar refractivity (Wildman–Crippen MR) is 92.8 cm³/mol. The average Bonchev–Trinajstić information content (AvgIpc) is 2.65. The first kappa shape index (κ1) is 20.0. The molecule has 0 atom stereocenters. The number of alkyl halides is 3. The van der Waals surface area contributed by atoms with Gasteiger partial charge in [-0.3, -0.25) is 9.59 Å². The molecule has 0 radical (unpaired) electrons. The quantitative estimate of drug-likeness (QED) is 0.866. The van der Waals surface area contributed by atoms with Gasteiger partial charge in [0.05, 0.1) is 22.9 Å². The zero-order valence-electron chi connectivity index (χ0n) is 14.4. The van der Waals surface area contributed by atoms with Crippen molar-refractivity contribution in [3.05, 3.63) is 65.2 Å². The number of amides is 2. The van der Waals surface area contributed by atoms with Gasteiger partial charge < -0.3 is 10.2 Å². The highest BCUT2D eigenvalue weighted by Crippen LogP contribution is 2.34. The number of likely N-dealkylation sites (N-methyl/N-ethyl adjacent to an activating group) is 1. The highest BCUT2D eigenvalue weighted by atomic mass is 19.4. The topological polar surface area (TPSA) is 73.2 Å². The minimum atomic E-state index is -4.60. The Morgan fingerprint density at radius 2 is 1.74 bits per heavy atom. The molecule has 0 spiro atoms. The average molecular weight is 375 g/mol. The van der Waals surface area contributed by atoms with Gasteiger partial charge in [0.15, 0.2) is 0 Å². The fourth-order valence-corrected chi connectivity index (χ4v) is 2.40. The number of hydrogen-bond donors (Lipinski definition) is 1. The summed E-state index contributed by atoms with van der Waals surface area (Å²) in [5, 5.41) is 11.0. The largest absolute Gasteiger partial charge is 0.418 e. The van der Waals surface area contributed by atoms with Gasteiger partial charge in [-0.25, -0.2) is 0 Å². The van der Waals surface area contributed by atoms with Gasteiger partial charge in [-0.2, -0.15) is 18.4 Å². The molecule has 27 heavy (non-hydrogen) atoms. The Hall–Kier alpha value is -3.34. The van der Waals surface area contributed by atoms with E-state index in [4.69, 9.17) is 5.26 Å². The summed E-state index contributed by atoms with van der Waals surface area (Å²) in [5.74, 6) is -1.20. The summed E-state index contributed by atoms with van der Waals surface area (Å²) in [5.41, 5.74) is -0.660. The maximum atomic E-state index is 13.0. The minimum Gasteiger partial charge on any atom is -0.330 e. The number of carbonyl (C=O) groups excluding carboxylic acids is 2. The molecule has 0 aliphatic heterocycles. The highest BCUT2D eigenvalue weighted by molar-refractivity contribution is 5.99. The zero-order chi connectivity index (χ0) is 20.0. The Bertz CT molecular complexity index is 871. The molecule has 2 amide bonds. The summed E-state index contributed by atoms with van der Waals surface area (Å²) in [6.07, 6.45) is -4.60. The molecule has 0 aromatic heterocycles. The highest BCUT2D eigenvalue weighted by Gasteiger charge is 2.33. The van der Waals surface area contributed by atoms with Crippen LogP contribution in [0.3, 0.4) is 0 Å². The maximum Gasteiger partial charge on any atom is 0.418 e. The van der Waals surface area contributed by atoms with Crippen molar-refractivity contribution >= 4 is 17.5 Å². The maximum absolute atomic E-state index is 13.0. The van der Waals surface area contributed by atoms with Gasteiger partial charge in [0.1, 0.15) is 6.54 Å². The smallest absolute Gasteiger partial charge is 0.330 e. The second kappa shape index (κ2) is 8.36. The van der Waals surface area contributed by atoms with Crippen molar-refractivity contribution in [1.29, 1.82) is 5.26 Å². The van der Waals surface area contributed by atoms with Crippen molar-refractivity contribution in [2.45, 2.75) is 13.1 Å². The summed E-state index contributed by atoms with van der Waals surface area (Å²) in [6.45, 7) is 1.44. The summed E-state index contributed by atoms with van der Waals surface area (Å²) in [4.78, 5) is 25.9. The summed E-state index contributed by atoms with van der Waals surface area (Å²) >= 11 is 0. The van der Waals surface area contributed by atoms with E-state index in [0.29, 0.717) is 5.56 Å². The normalized spacial score (nSPS) is 10.8. The van der Waals surface area contributed by atoms with E-state index in [1.54, 1.807) is 6.92 Å². The fourth-order valence-electron chi connectivity index (χ4n) is 2.40. The molecule has 5 nitrogen and oxygen atoms in total. The summed E-state index contributed by atoms with van der Waals surface area (Å²) in [7, 11) is 0. The summed E-state index contributed by atoms with van der Waals surface area (Å²) in [6, 6.07) is 12.4. The first-order valence-electron chi connectivity index (χ1n) is 8.01. The first-order chi connectivity index (χ1) is 12.8. The molecule has 0 saturated carbocycles. The lowest BCUT2D eigenvalue weighted by Gasteiger charge is -2.21. The van der Waals surface area contributed by atoms with E-state index in [-0.39, 0.29) is 17.8 Å². The number of rotatable bonds is 5. The molecule has 8 heteroatoms. The predicted octanol–water partition coefficient (Wildman–Crippen LogP) is 3.68. The van der Waals surface area contributed by atoms with Gasteiger partial charge in [0, 0.05) is 12.1 Å². The molecule has 0 saturated heterocycles. The van der Waals surface area contributed by atoms with Crippen LogP contribution in [0.2, 0.25) is 0 Å². The standard InChI is InChI=1S/C19H16F3N3O2/c1-2-25(18(27)14-9-7-13(11-23)8-10-14)12-17(26)24-16-6-4-3-5-15(16)19(20,21)22/h3-10H,2,12H2,1H3,(H,24,26). The number of anilines is 1. The van der Waals surface area contributed by atoms with Gasteiger partial charge in [-0.15, -0.1) is 0 Å². The molecule has 0 aliphatic rings. The number of para-hydroxylation sites is 1. The molecule has 0 unspecified atom stereocenters. The van der Waals surface area contributed by atoms with E-state index < -0.39 is 30.1 Å². The SMILES string of the molecule is CCN(CC(=O)Nc1ccccc1C(F)(F)F)C(=O)c1ccc(C#N)cc1. The van der Waals surface area contributed by atoms with Crippen LogP contribution in [0.1, 0.15) is 28.4 Å². The second-order valence-corrected chi connectivity index (χ2v) is 5.60. The van der Waals surface area contributed by atoms with Crippen LogP contribution in [-0.4, -0.2) is 29.8 Å². The zero-order valence-corrected chi connectivity index (χ0v) is 14.4. The monoisotopic (exact) mass is 375 g/mol. The van der Waals surface area contributed by atoms with Crippen molar-refractivity contribution in [1.82, 2.24) is 4.90 Å². The Balaban J connectivity index is 2.11. The Labute approximate surface area is 154 Å². The van der Waals surface area contributed by atoms with E-state index in [2.05, 4.69) is 5.32 Å². The lowest BCUT2D eigenvalue weighted by atomic mass is 10.1. The number of nitrogens with zero attached hydrogens (tertiary/aromatic N) is 2. The second-order valence-electron chi connectivity index (χ2n) is 5.60. The van der Waals surface area contributed by atoms with E-state index in [1.165, 1.54) is 41.3 Å². The molecule has 140 valence electrons. The van der Waals surface area contributed by atoms with Crippen LogP contribution in [0.4, 0.5) is 18.9 Å². The van der Waals surface area contributed by atoms with E-state index in [9.17, 15) is 22.8 Å². The van der Waals surface area contributed by atoms with Crippen molar-refractivity contribution in [3.63, 3.8) is 0 Å². The number of benzene rings is 2. The minimum absolute atomic E-state index is 0.188. The van der Waals surface area contributed by atoms with Crippen LogP contribution < -0.4 is 5.32 Å². The third kappa shape index (κ3) is 5.07. The molecule has 0 heterocycles. The van der Waals surface area contributed by atoms with Crippen molar-refractivity contribution < 1.29 is 22.8 Å². The van der Waals surface area contributed by atoms with Crippen LogP contribution in [0.15, 0.2) is 48.5 Å². The van der Waals surface area contributed by atoms with Crippen molar-refractivity contribution in [3.8, 4) is 6.07 Å². The van der Waals surface area contributed by atoms with Gasteiger partial charge in [-0.1, -0.05) is 12.1 Å². The summed E-state index contributed by atoms with van der Waals surface area (Å²) < 4.78 is 39.0. The molecule has 1 N–H and O–H groups in total. The molecular formula is C19H16F3N3O2. The van der Waals surface area contributed by atoms with Gasteiger partial charge in [0.2, 0.25) is 5.91 Å². The molecule has 0 aliphatic carbocycles. The van der Waals surface area contributed by atoms with Gasteiger partial charge in [-0.05, 0) is 43.3 Å². The van der Waals surface area contributed by atoms with Crippen molar-refractivity contribution in [2.24, 2.45) is 0 Å². The molecule has 0 bridgehead atoms. The molecule has 2 aromatic rings. The van der Waals surface area contributed by atoms with Crippen molar-refractivity contribution in [2.75, 3.05) is 18.4 Å². The van der Waals surface area contributed by atoms with Gasteiger partial charge >= 0.3 is 6.18 Å². The Kier molecular flexibility index (Phi) is 6.19. The molecule has 2 aromatic carbocycles. The third-order valence-electron chi connectivity index (χ3n) is 3.77. The number of nitriles is 1. The van der Waals surface area contributed by atoms with Crippen LogP contribution in [0.25, 0.3) is 0 Å². The number of hydrogen-bond acceptors (Lipinski definition) is 3. The van der Waals surface area contributed by atoms with Crippen LogP contribution in [0, 0.1) is 11.3 Å². The molecular weight excluding hydrogens is 359 g/mol. The van der Waals surface area contributed by atoms with E-state index in [0.717, 1.165) is 12.1 Å². The van der Waals surface area contributed by atoms with E-state index in [1.807, 2.05) is 6.07 Å². The number of carbonyl (C=O) groups is 2. The van der Waals surface area contributed by atoms with Crippen LogP contribution in [0.5, 0.6) is 0 Å².